The van der Waals surface area contributed by atoms with Gasteiger partial charge < -0.3 is 14.9 Å². The van der Waals surface area contributed by atoms with Gasteiger partial charge in [0.25, 0.3) is 0 Å². The van der Waals surface area contributed by atoms with Crippen LogP contribution >= 0.6 is 0 Å². The van der Waals surface area contributed by atoms with Crippen molar-refractivity contribution in [2.24, 2.45) is 0 Å². The van der Waals surface area contributed by atoms with Gasteiger partial charge in [0.05, 0.1) is 0 Å². The summed E-state index contributed by atoms with van der Waals surface area (Å²) in [5, 5.41) is 20.6. The van der Waals surface area contributed by atoms with Crippen molar-refractivity contribution in [3.05, 3.63) is 54.7 Å². The van der Waals surface area contributed by atoms with E-state index < -0.39 is 0 Å². The molecule has 0 aliphatic rings. The fourth-order valence-electron chi connectivity index (χ4n) is 1.87. The van der Waals surface area contributed by atoms with Crippen LogP contribution < -0.4 is 4.74 Å². The summed E-state index contributed by atoms with van der Waals surface area (Å²) < 4.78 is 5.65. The molecule has 2 N–H and O–H groups in total. The fraction of sp³-hybridized carbons (Fsp3) is 0. The molecule has 0 fully saturated rings. The van der Waals surface area contributed by atoms with E-state index in [1.54, 1.807) is 42.6 Å². The lowest BCUT2D eigenvalue weighted by molar-refractivity contribution is 0.448. The van der Waals surface area contributed by atoms with E-state index in [0.29, 0.717) is 17.0 Å². The highest BCUT2D eigenvalue weighted by molar-refractivity contribution is 5.88. The van der Waals surface area contributed by atoms with Crippen LogP contribution in [0, 0.1) is 0 Å². The topological polar surface area (TPSA) is 62.6 Å². The molecule has 0 saturated carbocycles. The molecule has 94 valence electrons. The molecule has 3 aromatic rings. The predicted molar refractivity (Wildman–Crippen MR) is 71.6 cm³/mol. The number of rotatable bonds is 2. The van der Waals surface area contributed by atoms with Crippen molar-refractivity contribution >= 4 is 10.8 Å². The number of aromatic nitrogens is 1. The largest absolute Gasteiger partial charge is 0.508 e. The fourth-order valence-corrected chi connectivity index (χ4v) is 1.87. The molecule has 0 unspecified atom stereocenters. The van der Waals surface area contributed by atoms with Gasteiger partial charge in [-0.2, -0.15) is 0 Å². The summed E-state index contributed by atoms with van der Waals surface area (Å²) in [6.07, 6.45) is 1.64. The third kappa shape index (κ3) is 2.28. The zero-order valence-corrected chi connectivity index (χ0v) is 9.95. The van der Waals surface area contributed by atoms with E-state index in [2.05, 4.69) is 4.98 Å². The Hall–Kier alpha value is -2.75. The lowest BCUT2D eigenvalue weighted by Gasteiger charge is -2.08. The Balaban J connectivity index is 2.07. The van der Waals surface area contributed by atoms with Crippen molar-refractivity contribution in [2.75, 3.05) is 0 Å². The van der Waals surface area contributed by atoms with E-state index in [9.17, 15) is 10.2 Å². The zero-order valence-electron chi connectivity index (χ0n) is 9.95. The number of hydrogen-bond acceptors (Lipinski definition) is 4. The Kier molecular flexibility index (Phi) is 2.68. The van der Waals surface area contributed by atoms with Crippen LogP contribution in [-0.2, 0) is 0 Å². The average Bonchev–Trinajstić information content (AvgIpc) is 2.39. The number of nitrogens with zero attached hydrogens (tertiary/aromatic N) is 1. The SMILES string of the molecule is Oc1cccc(Oc2nccc3ccc(O)cc23)c1. The van der Waals surface area contributed by atoms with Gasteiger partial charge >= 0.3 is 0 Å². The summed E-state index contributed by atoms with van der Waals surface area (Å²) >= 11 is 0. The molecule has 2 aromatic carbocycles. The molecule has 4 heteroatoms. The summed E-state index contributed by atoms with van der Waals surface area (Å²) in [6, 6.07) is 13.3. The van der Waals surface area contributed by atoms with E-state index in [-0.39, 0.29) is 11.5 Å². The van der Waals surface area contributed by atoms with Crippen LogP contribution in [0.2, 0.25) is 0 Å². The quantitative estimate of drug-likeness (QED) is 0.734. The van der Waals surface area contributed by atoms with Crippen molar-refractivity contribution in [2.45, 2.75) is 0 Å². The zero-order chi connectivity index (χ0) is 13.2. The molecule has 0 radical (unpaired) electrons. The minimum atomic E-state index is 0.126. The minimum Gasteiger partial charge on any atom is -0.508 e. The van der Waals surface area contributed by atoms with Gasteiger partial charge in [-0.3, -0.25) is 0 Å². The van der Waals surface area contributed by atoms with Gasteiger partial charge in [0, 0.05) is 17.6 Å². The van der Waals surface area contributed by atoms with E-state index in [0.717, 1.165) is 5.39 Å². The number of pyridine rings is 1. The predicted octanol–water partition coefficient (Wildman–Crippen LogP) is 3.44. The van der Waals surface area contributed by atoms with Crippen LogP contribution in [0.25, 0.3) is 10.8 Å². The maximum Gasteiger partial charge on any atom is 0.227 e. The summed E-state index contributed by atoms with van der Waals surface area (Å²) in [5.74, 6) is 1.16. The second-order valence-electron chi connectivity index (χ2n) is 4.12. The van der Waals surface area contributed by atoms with Crippen LogP contribution in [0.5, 0.6) is 23.1 Å². The third-order valence-electron chi connectivity index (χ3n) is 2.75. The van der Waals surface area contributed by atoms with E-state index >= 15 is 0 Å². The summed E-state index contributed by atoms with van der Waals surface area (Å²) in [4.78, 5) is 4.16. The molecule has 1 heterocycles. The van der Waals surface area contributed by atoms with Crippen molar-refractivity contribution in [3.63, 3.8) is 0 Å². The van der Waals surface area contributed by atoms with Crippen molar-refractivity contribution in [1.29, 1.82) is 0 Å². The number of aromatic hydroxyl groups is 2. The van der Waals surface area contributed by atoms with Gasteiger partial charge in [-0.15, -0.1) is 0 Å². The average molecular weight is 253 g/mol. The van der Waals surface area contributed by atoms with E-state index in [4.69, 9.17) is 4.74 Å². The Morgan fingerprint density at radius 3 is 2.58 bits per heavy atom. The van der Waals surface area contributed by atoms with Crippen LogP contribution in [0.1, 0.15) is 0 Å². The first-order valence-electron chi connectivity index (χ1n) is 5.77. The third-order valence-corrected chi connectivity index (χ3v) is 2.75. The molecule has 0 spiro atoms. The molecule has 3 rings (SSSR count). The molecule has 0 aliphatic heterocycles. The molecular formula is C15H11NO3. The molecular weight excluding hydrogens is 242 g/mol. The first-order chi connectivity index (χ1) is 9.22. The van der Waals surface area contributed by atoms with Crippen LogP contribution in [0.4, 0.5) is 0 Å². The standard InChI is InChI=1S/C15H11NO3/c17-11-2-1-3-13(8-11)19-15-14-9-12(18)5-4-10(14)6-7-16-15/h1-9,17-18H. The van der Waals surface area contributed by atoms with E-state index in [1.165, 1.54) is 6.07 Å². The lowest BCUT2D eigenvalue weighted by atomic mass is 10.1. The van der Waals surface area contributed by atoms with Crippen molar-refractivity contribution < 1.29 is 14.9 Å². The lowest BCUT2D eigenvalue weighted by Crippen LogP contribution is -1.89. The first kappa shape index (κ1) is 11.3. The number of hydrogen-bond donors (Lipinski definition) is 2. The molecule has 19 heavy (non-hydrogen) atoms. The van der Waals surface area contributed by atoms with Gasteiger partial charge in [-0.25, -0.2) is 4.98 Å². The maximum atomic E-state index is 9.54. The number of benzene rings is 2. The van der Waals surface area contributed by atoms with Crippen LogP contribution in [-0.4, -0.2) is 15.2 Å². The molecule has 0 bridgehead atoms. The molecule has 0 amide bonds. The highest BCUT2D eigenvalue weighted by Crippen LogP contribution is 2.30. The summed E-state index contributed by atoms with van der Waals surface area (Å²) in [5.41, 5.74) is 0. The molecule has 1 aromatic heterocycles. The monoisotopic (exact) mass is 253 g/mol. The number of ether oxygens (including phenoxy) is 1. The smallest absolute Gasteiger partial charge is 0.227 e. The van der Waals surface area contributed by atoms with Gasteiger partial charge in [-0.1, -0.05) is 12.1 Å². The Morgan fingerprint density at radius 1 is 0.895 bits per heavy atom. The van der Waals surface area contributed by atoms with Gasteiger partial charge in [0.2, 0.25) is 5.88 Å². The number of phenolic OH excluding ortho intramolecular Hbond substituents is 2. The highest BCUT2D eigenvalue weighted by atomic mass is 16.5. The molecule has 4 nitrogen and oxygen atoms in total. The van der Waals surface area contributed by atoms with Crippen molar-refractivity contribution in [1.82, 2.24) is 4.98 Å². The number of fused-ring (bicyclic) bond motifs is 1. The minimum absolute atomic E-state index is 0.126. The molecule has 0 aliphatic carbocycles. The van der Waals surface area contributed by atoms with Crippen LogP contribution in [0.15, 0.2) is 54.7 Å². The van der Waals surface area contributed by atoms with Gasteiger partial charge in [0.15, 0.2) is 0 Å². The first-order valence-corrected chi connectivity index (χ1v) is 5.77. The Bertz CT molecular complexity index is 740. The normalized spacial score (nSPS) is 10.5. The molecule has 0 atom stereocenters. The van der Waals surface area contributed by atoms with E-state index in [1.807, 2.05) is 6.07 Å². The Labute approximate surface area is 109 Å². The van der Waals surface area contributed by atoms with Crippen molar-refractivity contribution in [3.8, 4) is 23.1 Å². The van der Waals surface area contributed by atoms with Gasteiger partial charge in [-0.05, 0) is 35.7 Å². The number of phenols is 2. The summed E-state index contributed by atoms with van der Waals surface area (Å²) in [7, 11) is 0. The molecule has 0 saturated heterocycles. The second-order valence-corrected chi connectivity index (χ2v) is 4.12. The summed E-state index contributed by atoms with van der Waals surface area (Å²) in [6.45, 7) is 0. The van der Waals surface area contributed by atoms with Gasteiger partial charge in [0.1, 0.15) is 17.2 Å². The maximum absolute atomic E-state index is 9.54. The second kappa shape index (κ2) is 4.49. The Morgan fingerprint density at radius 2 is 1.74 bits per heavy atom. The highest BCUT2D eigenvalue weighted by Gasteiger charge is 2.06. The van der Waals surface area contributed by atoms with Crippen LogP contribution in [0.3, 0.4) is 0 Å².